The fourth-order valence-electron chi connectivity index (χ4n) is 3.03. The summed E-state index contributed by atoms with van der Waals surface area (Å²) in [5.41, 5.74) is 3.82. The van der Waals surface area contributed by atoms with Gasteiger partial charge in [-0.2, -0.15) is 0 Å². The average molecular weight is 337 g/mol. The lowest BCUT2D eigenvalue weighted by atomic mass is 10.0. The zero-order valence-electron chi connectivity index (χ0n) is 15.1. The van der Waals surface area contributed by atoms with Crippen LogP contribution < -0.4 is 15.4 Å². The van der Waals surface area contributed by atoms with Gasteiger partial charge in [-0.1, -0.05) is 48.0 Å². The van der Waals surface area contributed by atoms with Crippen LogP contribution in [0.4, 0.5) is 0 Å². The molecular formula is C21H27N3O. The number of para-hydroxylation sites is 1. The Morgan fingerprint density at radius 3 is 2.76 bits per heavy atom. The molecule has 2 aromatic carbocycles. The number of aryl methyl sites for hydroxylation is 1. The largest absolute Gasteiger partial charge is 0.493 e. The van der Waals surface area contributed by atoms with Crippen molar-refractivity contribution in [3.63, 3.8) is 0 Å². The van der Waals surface area contributed by atoms with Crippen LogP contribution in [0.15, 0.2) is 53.5 Å². The molecule has 4 nitrogen and oxygen atoms in total. The highest BCUT2D eigenvalue weighted by molar-refractivity contribution is 5.80. The van der Waals surface area contributed by atoms with E-state index in [1.807, 2.05) is 12.1 Å². The maximum Gasteiger partial charge on any atom is 0.191 e. The molecule has 0 bridgehead atoms. The van der Waals surface area contributed by atoms with Gasteiger partial charge >= 0.3 is 0 Å². The SMILES string of the molecule is CCNC(=NCCc1ccc(C)cc1)NC1CCOc2ccccc21. The third-order valence-electron chi connectivity index (χ3n) is 4.40. The highest BCUT2D eigenvalue weighted by atomic mass is 16.5. The predicted molar refractivity (Wildman–Crippen MR) is 103 cm³/mol. The molecule has 3 rings (SSSR count). The van der Waals surface area contributed by atoms with Crippen molar-refractivity contribution in [2.75, 3.05) is 19.7 Å². The molecule has 1 unspecified atom stereocenters. The van der Waals surface area contributed by atoms with Gasteiger partial charge in [-0.25, -0.2) is 0 Å². The van der Waals surface area contributed by atoms with Crippen LogP contribution in [0.3, 0.4) is 0 Å². The normalized spacial score (nSPS) is 16.7. The first-order chi connectivity index (χ1) is 12.3. The number of hydrogen-bond donors (Lipinski definition) is 2. The van der Waals surface area contributed by atoms with E-state index in [9.17, 15) is 0 Å². The molecular weight excluding hydrogens is 310 g/mol. The quantitative estimate of drug-likeness (QED) is 0.647. The van der Waals surface area contributed by atoms with Crippen molar-refractivity contribution in [3.05, 3.63) is 65.2 Å². The van der Waals surface area contributed by atoms with Crippen molar-refractivity contribution < 1.29 is 4.74 Å². The fourth-order valence-corrected chi connectivity index (χ4v) is 3.03. The van der Waals surface area contributed by atoms with Crippen LogP contribution in [0.2, 0.25) is 0 Å². The second-order valence-electron chi connectivity index (χ2n) is 6.37. The third kappa shape index (κ3) is 4.75. The second-order valence-corrected chi connectivity index (χ2v) is 6.37. The molecule has 0 radical (unpaired) electrons. The molecule has 2 aromatic rings. The van der Waals surface area contributed by atoms with Gasteiger partial charge in [0.15, 0.2) is 5.96 Å². The Bertz CT molecular complexity index is 709. The summed E-state index contributed by atoms with van der Waals surface area (Å²) in [6.45, 7) is 6.55. The molecule has 0 saturated carbocycles. The number of hydrogen-bond acceptors (Lipinski definition) is 2. The van der Waals surface area contributed by atoms with E-state index in [0.717, 1.165) is 44.2 Å². The first-order valence-corrected chi connectivity index (χ1v) is 9.08. The lowest BCUT2D eigenvalue weighted by Gasteiger charge is -2.28. The molecule has 0 saturated heterocycles. The molecule has 0 amide bonds. The highest BCUT2D eigenvalue weighted by Crippen LogP contribution is 2.31. The summed E-state index contributed by atoms with van der Waals surface area (Å²) in [5.74, 6) is 1.85. The lowest BCUT2D eigenvalue weighted by Crippen LogP contribution is -2.41. The Morgan fingerprint density at radius 1 is 1.16 bits per heavy atom. The van der Waals surface area contributed by atoms with E-state index < -0.39 is 0 Å². The first kappa shape index (κ1) is 17.3. The van der Waals surface area contributed by atoms with Gasteiger partial charge in [-0.05, 0) is 31.9 Å². The number of ether oxygens (including phenoxy) is 1. The summed E-state index contributed by atoms with van der Waals surface area (Å²) in [7, 11) is 0. The Labute approximate surface area is 150 Å². The number of nitrogens with zero attached hydrogens (tertiary/aromatic N) is 1. The van der Waals surface area contributed by atoms with Crippen molar-refractivity contribution in [1.82, 2.24) is 10.6 Å². The smallest absolute Gasteiger partial charge is 0.191 e. The van der Waals surface area contributed by atoms with Gasteiger partial charge < -0.3 is 15.4 Å². The van der Waals surface area contributed by atoms with Gasteiger partial charge in [0.05, 0.1) is 12.6 Å². The summed E-state index contributed by atoms with van der Waals surface area (Å²) in [5, 5.41) is 6.92. The zero-order valence-corrected chi connectivity index (χ0v) is 15.1. The molecule has 1 heterocycles. The van der Waals surface area contributed by atoms with Gasteiger partial charge in [-0.3, -0.25) is 4.99 Å². The molecule has 1 aliphatic rings. The maximum absolute atomic E-state index is 5.74. The van der Waals surface area contributed by atoms with E-state index in [-0.39, 0.29) is 6.04 Å². The van der Waals surface area contributed by atoms with Crippen LogP contribution in [-0.2, 0) is 6.42 Å². The highest BCUT2D eigenvalue weighted by Gasteiger charge is 2.21. The summed E-state index contributed by atoms with van der Waals surface area (Å²) < 4.78 is 5.74. The van der Waals surface area contributed by atoms with Gasteiger partial charge in [0.25, 0.3) is 0 Å². The molecule has 132 valence electrons. The van der Waals surface area contributed by atoms with Gasteiger partial charge in [0.1, 0.15) is 5.75 Å². The zero-order chi connectivity index (χ0) is 17.5. The van der Waals surface area contributed by atoms with Crippen molar-refractivity contribution in [1.29, 1.82) is 0 Å². The van der Waals surface area contributed by atoms with E-state index in [1.165, 1.54) is 16.7 Å². The van der Waals surface area contributed by atoms with Crippen LogP contribution in [-0.4, -0.2) is 25.7 Å². The average Bonchev–Trinajstić information content (AvgIpc) is 2.64. The maximum atomic E-state index is 5.74. The van der Waals surface area contributed by atoms with Crippen molar-refractivity contribution >= 4 is 5.96 Å². The minimum Gasteiger partial charge on any atom is -0.493 e. The number of rotatable bonds is 5. The third-order valence-corrected chi connectivity index (χ3v) is 4.40. The molecule has 1 atom stereocenters. The fraction of sp³-hybridized carbons (Fsp3) is 0.381. The van der Waals surface area contributed by atoms with Gasteiger partial charge in [0.2, 0.25) is 0 Å². The molecule has 0 aliphatic carbocycles. The Hall–Kier alpha value is -2.49. The van der Waals surface area contributed by atoms with E-state index >= 15 is 0 Å². The van der Waals surface area contributed by atoms with Gasteiger partial charge in [0, 0.05) is 25.1 Å². The Balaban J connectivity index is 1.64. The van der Waals surface area contributed by atoms with E-state index in [0.29, 0.717) is 0 Å². The van der Waals surface area contributed by atoms with Crippen LogP contribution in [0.1, 0.15) is 36.1 Å². The molecule has 4 heteroatoms. The second kappa shape index (κ2) is 8.56. The van der Waals surface area contributed by atoms with Crippen LogP contribution >= 0.6 is 0 Å². The van der Waals surface area contributed by atoms with Crippen molar-refractivity contribution in [3.8, 4) is 5.75 Å². The lowest BCUT2D eigenvalue weighted by molar-refractivity contribution is 0.261. The van der Waals surface area contributed by atoms with E-state index in [4.69, 9.17) is 9.73 Å². The summed E-state index contributed by atoms with van der Waals surface area (Å²) in [6, 6.07) is 17.1. The van der Waals surface area contributed by atoms with Crippen LogP contribution in [0.25, 0.3) is 0 Å². The predicted octanol–water partition coefficient (Wildman–Crippen LogP) is 3.62. The monoisotopic (exact) mass is 337 g/mol. The number of guanidine groups is 1. The Kier molecular flexibility index (Phi) is 5.94. The standard InChI is InChI=1S/C21H27N3O/c1-3-22-21(23-14-12-17-10-8-16(2)9-11-17)24-19-13-15-25-20-7-5-4-6-18(19)20/h4-11,19H,3,12-15H2,1-2H3,(H2,22,23,24). The molecule has 0 aromatic heterocycles. The van der Waals surface area contributed by atoms with E-state index in [2.05, 4.69) is 60.9 Å². The number of aliphatic imine (C=N–C) groups is 1. The Morgan fingerprint density at radius 2 is 1.96 bits per heavy atom. The van der Waals surface area contributed by atoms with Gasteiger partial charge in [-0.15, -0.1) is 0 Å². The number of benzene rings is 2. The molecule has 0 fully saturated rings. The topological polar surface area (TPSA) is 45.7 Å². The van der Waals surface area contributed by atoms with Crippen LogP contribution in [0, 0.1) is 6.92 Å². The summed E-state index contributed by atoms with van der Waals surface area (Å²) in [4.78, 5) is 4.75. The molecule has 0 spiro atoms. The summed E-state index contributed by atoms with van der Waals surface area (Å²) in [6.07, 6.45) is 1.89. The van der Waals surface area contributed by atoms with Crippen LogP contribution in [0.5, 0.6) is 5.75 Å². The van der Waals surface area contributed by atoms with Crippen molar-refractivity contribution in [2.24, 2.45) is 4.99 Å². The minimum absolute atomic E-state index is 0.238. The number of nitrogens with one attached hydrogen (secondary N) is 2. The van der Waals surface area contributed by atoms with E-state index in [1.54, 1.807) is 0 Å². The minimum atomic E-state index is 0.238. The number of fused-ring (bicyclic) bond motifs is 1. The molecule has 1 aliphatic heterocycles. The first-order valence-electron chi connectivity index (χ1n) is 9.08. The molecule has 2 N–H and O–H groups in total. The molecule has 25 heavy (non-hydrogen) atoms. The van der Waals surface area contributed by atoms with Crippen molar-refractivity contribution in [2.45, 2.75) is 32.7 Å². The summed E-state index contributed by atoms with van der Waals surface area (Å²) >= 11 is 0.